The van der Waals surface area contributed by atoms with E-state index in [0.29, 0.717) is 0 Å². The van der Waals surface area contributed by atoms with E-state index in [0.717, 1.165) is 6.42 Å². The first-order chi connectivity index (χ1) is 27.3. The van der Waals surface area contributed by atoms with Crippen LogP contribution in [0.4, 0.5) is 0 Å². The maximum absolute atomic E-state index is 2.49. The van der Waals surface area contributed by atoms with Gasteiger partial charge in [-0.2, -0.15) is 0 Å². The smallest absolute Gasteiger partial charge is 0.0547 e. The highest BCUT2D eigenvalue weighted by Crippen LogP contribution is 2.45. The number of hydrogen-bond acceptors (Lipinski definition) is 0. The molecule has 2 heteroatoms. The van der Waals surface area contributed by atoms with Crippen molar-refractivity contribution < 1.29 is 0 Å². The van der Waals surface area contributed by atoms with Gasteiger partial charge in [-0.05, 0) is 111 Å². The molecule has 11 aromatic rings. The molecular weight excluding hydrogens is 665 g/mol. The SMILES string of the molecule is c1ccc(-n2c3ccccc3c3ccc(-c4ccc5c(c4)c4ccccc4n5-c4cc(-c5cccc6c5-c5ccccc5C6)cc5ccccc45)cc32)cc1. The van der Waals surface area contributed by atoms with E-state index in [1.54, 1.807) is 0 Å². The molecule has 0 unspecified atom stereocenters. The molecule has 2 heterocycles. The molecule has 2 aromatic heterocycles. The maximum atomic E-state index is 2.49. The fourth-order valence-corrected chi connectivity index (χ4v) is 9.48. The van der Waals surface area contributed by atoms with Crippen LogP contribution < -0.4 is 0 Å². The molecule has 0 aliphatic heterocycles. The van der Waals surface area contributed by atoms with Gasteiger partial charge in [0, 0.05) is 32.6 Å². The van der Waals surface area contributed by atoms with E-state index in [4.69, 9.17) is 0 Å². The summed E-state index contributed by atoms with van der Waals surface area (Å²) in [5.41, 5.74) is 17.7. The van der Waals surface area contributed by atoms with Crippen LogP contribution in [0.15, 0.2) is 194 Å². The van der Waals surface area contributed by atoms with Crippen LogP contribution in [-0.2, 0) is 6.42 Å². The maximum Gasteiger partial charge on any atom is 0.0547 e. The molecule has 0 fully saturated rings. The van der Waals surface area contributed by atoms with Crippen LogP contribution >= 0.6 is 0 Å². The third kappa shape index (κ3) is 4.49. The Hall–Kier alpha value is -7.16. The average Bonchev–Trinajstić information content (AvgIpc) is 3.91. The summed E-state index contributed by atoms with van der Waals surface area (Å²) in [4.78, 5) is 0. The topological polar surface area (TPSA) is 9.86 Å². The third-order valence-corrected chi connectivity index (χ3v) is 11.9. The predicted octanol–water partition coefficient (Wildman–Crippen LogP) is 13.9. The highest BCUT2D eigenvalue weighted by molar-refractivity contribution is 6.13. The number of hydrogen-bond donors (Lipinski definition) is 0. The van der Waals surface area contributed by atoms with E-state index in [1.165, 1.54) is 110 Å². The number of fused-ring (bicyclic) bond motifs is 10. The standard InChI is InChI=1S/C53H34N2/c1-2-16-40(17-3-1)54-48-23-10-8-20-44(48)46-27-25-35(32-52(46)54)34-26-28-50-47(31-34)45-21-9-11-24-49(45)55(50)51-33-39(30-36-13-4-6-18-41(36)51)43-22-12-15-38-29-37-14-5-7-19-42(37)53(38)43/h1-28,30-33H,29H2. The van der Waals surface area contributed by atoms with Crippen molar-refractivity contribution in [2.45, 2.75) is 6.42 Å². The molecule has 0 spiro atoms. The second-order valence-corrected chi connectivity index (χ2v) is 14.9. The van der Waals surface area contributed by atoms with Crippen LogP contribution in [0.3, 0.4) is 0 Å². The highest BCUT2D eigenvalue weighted by atomic mass is 15.0. The largest absolute Gasteiger partial charge is 0.309 e. The van der Waals surface area contributed by atoms with Gasteiger partial charge >= 0.3 is 0 Å². The molecule has 0 atom stereocenters. The summed E-state index contributed by atoms with van der Waals surface area (Å²) < 4.78 is 4.89. The Bertz CT molecular complexity index is 3340. The van der Waals surface area contributed by atoms with Gasteiger partial charge in [-0.15, -0.1) is 0 Å². The van der Waals surface area contributed by atoms with Crippen LogP contribution in [0.5, 0.6) is 0 Å². The number of para-hydroxylation sites is 3. The average molecular weight is 699 g/mol. The molecule has 1 aliphatic rings. The van der Waals surface area contributed by atoms with Crippen LogP contribution in [-0.4, -0.2) is 9.13 Å². The first-order valence-electron chi connectivity index (χ1n) is 19.1. The van der Waals surface area contributed by atoms with E-state index in [-0.39, 0.29) is 0 Å². The molecular formula is C53H34N2. The molecule has 1 aliphatic carbocycles. The summed E-state index contributed by atoms with van der Waals surface area (Å²) in [5, 5.41) is 7.52. The van der Waals surface area contributed by atoms with Crippen LogP contribution in [0, 0.1) is 0 Å². The summed E-state index contributed by atoms with van der Waals surface area (Å²) >= 11 is 0. The Balaban J connectivity index is 1.08. The van der Waals surface area contributed by atoms with Crippen molar-refractivity contribution in [3.63, 3.8) is 0 Å². The Morgan fingerprint density at radius 2 is 0.945 bits per heavy atom. The first kappa shape index (κ1) is 30.3. The van der Waals surface area contributed by atoms with Gasteiger partial charge in [-0.1, -0.05) is 140 Å². The molecule has 256 valence electrons. The van der Waals surface area contributed by atoms with Crippen molar-refractivity contribution in [1.29, 1.82) is 0 Å². The normalized spacial score (nSPS) is 12.3. The van der Waals surface area contributed by atoms with E-state index in [2.05, 4.69) is 203 Å². The van der Waals surface area contributed by atoms with Gasteiger partial charge in [0.15, 0.2) is 0 Å². The minimum absolute atomic E-state index is 0.983. The van der Waals surface area contributed by atoms with Gasteiger partial charge < -0.3 is 9.13 Å². The van der Waals surface area contributed by atoms with Crippen molar-refractivity contribution in [2.24, 2.45) is 0 Å². The van der Waals surface area contributed by atoms with Crippen molar-refractivity contribution in [2.75, 3.05) is 0 Å². The Kier molecular flexibility index (Phi) is 6.43. The molecule has 0 N–H and O–H groups in total. The summed E-state index contributed by atoms with van der Waals surface area (Å²) in [6.45, 7) is 0. The van der Waals surface area contributed by atoms with Gasteiger partial charge in [0.05, 0.1) is 27.8 Å². The lowest BCUT2D eigenvalue weighted by Crippen LogP contribution is -1.97. The van der Waals surface area contributed by atoms with E-state index in [9.17, 15) is 0 Å². The number of aromatic nitrogens is 2. The number of rotatable bonds is 4. The quantitative estimate of drug-likeness (QED) is 0.173. The minimum Gasteiger partial charge on any atom is -0.309 e. The second kappa shape index (κ2) is 11.7. The van der Waals surface area contributed by atoms with Gasteiger partial charge in [0.1, 0.15) is 0 Å². The van der Waals surface area contributed by atoms with Gasteiger partial charge in [-0.25, -0.2) is 0 Å². The van der Waals surface area contributed by atoms with Crippen LogP contribution in [0.2, 0.25) is 0 Å². The zero-order valence-electron chi connectivity index (χ0n) is 30.1. The summed E-state index contributed by atoms with van der Waals surface area (Å²) in [5.74, 6) is 0. The lowest BCUT2D eigenvalue weighted by molar-refractivity contribution is 1.18. The summed E-state index contributed by atoms with van der Waals surface area (Å²) in [7, 11) is 0. The van der Waals surface area contributed by atoms with Gasteiger partial charge in [-0.3, -0.25) is 0 Å². The Morgan fingerprint density at radius 1 is 0.327 bits per heavy atom. The van der Waals surface area contributed by atoms with E-state index >= 15 is 0 Å². The predicted molar refractivity (Wildman–Crippen MR) is 232 cm³/mol. The summed E-state index contributed by atoms with van der Waals surface area (Å²) in [6, 6.07) is 71.7. The minimum atomic E-state index is 0.983. The molecule has 12 rings (SSSR count). The van der Waals surface area contributed by atoms with Gasteiger partial charge in [0.25, 0.3) is 0 Å². The first-order valence-corrected chi connectivity index (χ1v) is 19.1. The van der Waals surface area contributed by atoms with Crippen molar-refractivity contribution in [3.05, 3.63) is 205 Å². The molecule has 0 amide bonds. The fraction of sp³-hybridized carbons (Fsp3) is 0.0189. The molecule has 0 radical (unpaired) electrons. The lowest BCUT2D eigenvalue weighted by atomic mass is 9.92. The Labute approximate surface area is 318 Å². The zero-order valence-corrected chi connectivity index (χ0v) is 30.1. The van der Waals surface area contributed by atoms with Crippen molar-refractivity contribution in [1.82, 2.24) is 9.13 Å². The second-order valence-electron chi connectivity index (χ2n) is 14.9. The Morgan fingerprint density at radius 3 is 1.82 bits per heavy atom. The lowest BCUT2D eigenvalue weighted by Gasteiger charge is -2.16. The molecule has 55 heavy (non-hydrogen) atoms. The molecule has 0 bridgehead atoms. The van der Waals surface area contributed by atoms with Gasteiger partial charge in [0.2, 0.25) is 0 Å². The molecule has 0 saturated carbocycles. The number of benzene rings is 9. The third-order valence-electron chi connectivity index (χ3n) is 11.9. The highest BCUT2D eigenvalue weighted by Gasteiger charge is 2.23. The number of nitrogens with zero attached hydrogens (tertiary/aromatic N) is 2. The zero-order chi connectivity index (χ0) is 36.0. The van der Waals surface area contributed by atoms with E-state index in [1.807, 2.05) is 0 Å². The summed E-state index contributed by atoms with van der Waals surface area (Å²) in [6.07, 6.45) is 0.983. The van der Waals surface area contributed by atoms with Crippen molar-refractivity contribution in [3.8, 4) is 44.8 Å². The molecule has 9 aromatic carbocycles. The molecule has 2 nitrogen and oxygen atoms in total. The molecule has 0 saturated heterocycles. The van der Waals surface area contributed by atoms with Crippen LogP contribution in [0.1, 0.15) is 11.1 Å². The monoisotopic (exact) mass is 698 g/mol. The van der Waals surface area contributed by atoms with Crippen LogP contribution in [0.25, 0.3) is 99.1 Å². The fourth-order valence-electron chi connectivity index (χ4n) is 9.48. The van der Waals surface area contributed by atoms with Crippen molar-refractivity contribution >= 4 is 54.4 Å². The van der Waals surface area contributed by atoms with E-state index < -0.39 is 0 Å².